The Morgan fingerprint density at radius 1 is 0.536 bits per heavy atom. The van der Waals surface area contributed by atoms with Crippen molar-refractivity contribution in [2.24, 2.45) is 0 Å². The molecule has 4 aromatic rings. The predicted molar refractivity (Wildman–Crippen MR) is 109 cm³/mol. The molecule has 0 aliphatic heterocycles. The van der Waals surface area contributed by atoms with Gasteiger partial charge in [0.2, 0.25) is 11.6 Å². The Morgan fingerprint density at radius 3 is 1.29 bits per heavy atom. The van der Waals surface area contributed by atoms with Gasteiger partial charge in [0.25, 0.3) is 0 Å². The average molecular weight is 382 g/mol. The molecule has 0 fully saturated rings. The van der Waals surface area contributed by atoms with E-state index >= 15 is 0 Å². The Morgan fingerprint density at radius 2 is 0.893 bits per heavy atom. The molecule has 1 aliphatic carbocycles. The van der Waals surface area contributed by atoms with Crippen LogP contribution in [0.3, 0.4) is 0 Å². The van der Waals surface area contributed by atoms with E-state index in [1.807, 2.05) is 60.7 Å². The summed E-state index contributed by atoms with van der Waals surface area (Å²) in [5.74, 6) is -0.398. The smallest absolute Gasteiger partial charge is 0.212 e. The van der Waals surface area contributed by atoms with E-state index in [2.05, 4.69) is 0 Å². The van der Waals surface area contributed by atoms with Crippen molar-refractivity contribution in [3.05, 3.63) is 112 Å². The number of aromatic nitrogens is 2. The first-order chi connectivity index (χ1) is 13.7. The van der Waals surface area contributed by atoms with Gasteiger partial charge >= 0.3 is 0 Å². The van der Waals surface area contributed by atoms with Gasteiger partial charge in [0.15, 0.2) is 4.77 Å². The molecule has 0 saturated heterocycles. The Bertz CT molecular complexity index is 1200. The lowest BCUT2D eigenvalue weighted by atomic mass is 9.89. The van der Waals surface area contributed by atoms with Crippen molar-refractivity contribution >= 4 is 23.8 Å². The number of ketones is 2. The van der Waals surface area contributed by atoms with Crippen molar-refractivity contribution in [1.29, 1.82) is 0 Å². The topological polar surface area (TPSA) is 44.0 Å². The van der Waals surface area contributed by atoms with Crippen LogP contribution < -0.4 is 0 Å². The number of carbonyl (C=O) groups excluding carboxylic acids is 2. The highest BCUT2D eigenvalue weighted by Crippen LogP contribution is 2.32. The second-order valence-corrected chi connectivity index (χ2v) is 6.89. The number of para-hydroxylation sites is 2. The highest BCUT2D eigenvalue weighted by molar-refractivity contribution is 7.71. The number of imidazole rings is 1. The first-order valence-electron chi connectivity index (χ1n) is 8.85. The van der Waals surface area contributed by atoms with Gasteiger partial charge in [0.05, 0.1) is 0 Å². The Labute approximate surface area is 166 Å². The summed E-state index contributed by atoms with van der Waals surface area (Å²) < 4.78 is 3.79. The molecule has 1 aromatic heterocycles. The number of benzene rings is 3. The molecule has 3 aromatic carbocycles. The van der Waals surface area contributed by atoms with Crippen molar-refractivity contribution in [1.82, 2.24) is 9.13 Å². The Kier molecular flexibility index (Phi) is 3.70. The molecule has 0 bridgehead atoms. The van der Waals surface area contributed by atoms with E-state index in [4.69, 9.17) is 12.2 Å². The monoisotopic (exact) mass is 382 g/mol. The second kappa shape index (κ2) is 6.25. The SMILES string of the molecule is O=C1c2ccccc2C(=O)c2c1n(-c1ccccc1)c(=S)n2-c1ccccc1. The van der Waals surface area contributed by atoms with Crippen LogP contribution in [0, 0.1) is 4.77 Å². The van der Waals surface area contributed by atoms with Crippen molar-refractivity contribution in [3.63, 3.8) is 0 Å². The molecule has 1 aliphatic rings. The maximum absolute atomic E-state index is 13.4. The lowest BCUT2D eigenvalue weighted by Gasteiger charge is -2.17. The minimum absolute atomic E-state index is 0.199. The predicted octanol–water partition coefficient (Wildman–Crippen LogP) is 4.77. The third-order valence-corrected chi connectivity index (χ3v) is 5.29. The highest BCUT2D eigenvalue weighted by atomic mass is 32.1. The van der Waals surface area contributed by atoms with E-state index in [1.165, 1.54) is 0 Å². The summed E-state index contributed by atoms with van der Waals surface area (Å²) in [4.78, 5) is 26.8. The van der Waals surface area contributed by atoms with Gasteiger partial charge in [-0.2, -0.15) is 0 Å². The van der Waals surface area contributed by atoms with Crippen LogP contribution in [0.4, 0.5) is 0 Å². The molecule has 4 nitrogen and oxygen atoms in total. The van der Waals surface area contributed by atoms with E-state index < -0.39 is 0 Å². The average Bonchev–Trinajstić information content (AvgIpc) is 3.06. The molecule has 134 valence electrons. The maximum Gasteiger partial charge on any atom is 0.212 e. The molecular weight excluding hydrogens is 368 g/mol. The summed E-state index contributed by atoms with van der Waals surface area (Å²) in [5.41, 5.74) is 2.93. The van der Waals surface area contributed by atoms with Crippen LogP contribution in [0.1, 0.15) is 32.1 Å². The zero-order valence-electron chi connectivity index (χ0n) is 14.7. The minimum atomic E-state index is -0.199. The van der Waals surface area contributed by atoms with Gasteiger partial charge < -0.3 is 0 Å². The molecule has 0 radical (unpaired) electrons. The number of hydrogen-bond acceptors (Lipinski definition) is 3. The molecular formula is C23H14N2O2S. The summed E-state index contributed by atoms with van der Waals surface area (Å²) in [6.45, 7) is 0. The largest absolute Gasteiger partial charge is 0.287 e. The van der Waals surface area contributed by atoms with Crippen LogP contribution in [0.5, 0.6) is 0 Å². The first-order valence-corrected chi connectivity index (χ1v) is 9.26. The van der Waals surface area contributed by atoms with Crippen LogP contribution in [-0.2, 0) is 0 Å². The van der Waals surface area contributed by atoms with Crippen LogP contribution in [0.2, 0.25) is 0 Å². The molecule has 28 heavy (non-hydrogen) atoms. The number of hydrogen-bond donors (Lipinski definition) is 0. The molecule has 0 atom stereocenters. The normalized spacial score (nSPS) is 12.6. The van der Waals surface area contributed by atoms with E-state index in [-0.39, 0.29) is 11.6 Å². The summed E-state index contributed by atoms with van der Waals surface area (Å²) in [5, 5.41) is 0. The third kappa shape index (κ3) is 2.27. The standard InChI is InChI=1S/C23H14N2O2S/c26-21-17-13-7-8-14-18(17)22(27)20-19(21)24(15-9-3-1-4-10-15)23(28)25(20)16-11-5-2-6-12-16/h1-14H. The summed E-state index contributed by atoms with van der Waals surface area (Å²) >= 11 is 5.76. The summed E-state index contributed by atoms with van der Waals surface area (Å²) in [6, 6.07) is 25.8. The van der Waals surface area contributed by atoms with E-state index in [0.717, 1.165) is 11.4 Å². The zero-order valence-corrected chi connectivity index (χ0v) is 15.5. The Balaban J connectivity index is 1.93. The molecule has 0 saturated carbocycles. The number of nitrogens with zero attached hydrogens (tertiary/aromatic N) is 2. The summed E-state index contributed by atoms with van der Waals surface area (Å²) in [7, 11) is 0. The third-order valence-electron chi connectivity index (χ3n) is 4.93. The van der Waals surface area contributed by atoms with Crippen LogP contribution in [0.15, 0.2) is 84.9 Å². The highest BCUT2D eigenvalue weighted by Gasteiger charge is 2.37. The number of carbonyl (C=O) groups is 2. The van der Waals surface area contributed by atoms with Gasteiger partial charge in [0.1, 0.15) is 11.4 Å². The van der Waals surface area contributed by atoms with E-state index in [1.54, 1.807) is 33.4 Å². The second-order valence-electron chi connectivity index (χ2n) is 6.53. The first kappa shape index (κ1) is 16.6. The van der Waals surface area contributed by atoms with E-state index in [0.29, 0.717) is 27.3 Å². The zero-order chi connectivity index (χ0) is 19.3. The van der Waals surface area contributed by atoms with Crippen molar-refractivity contribution in [2.75, 3.05) is 0 Å². The molecule has 0 unspecified atom stereocenters. The van der Waals surface area contributed by atoms with Crippen molar-refractivity contribution in [3.8, 4) is 11.4 Å². The fraction of sp³-hybridized carbons (Fsp3) is 0. The summed E-state index contributed by atoms with van der Waals surface area (Å²) in [6.07, 6.45) is 0. The van der Waals surface area contributed by atoms with Gasteiger partial charge in [-0.25, -0.2) is 0 Å². The van der Waals surface area contributed by atoms with Crippen molar-refractivity contribution in [2.45, 2.75) is 0 Å². The minimum Gasteiger partial charge on any atom is -0.287 e. The fourth-order valence-corrected chi connectivity index (χ4v) is 4.08. The molecule has 0 spiro atoms. The van der Waals surface area contributed by atoms with Gasteiger partial charge in [-0.05, 0) is 36.5 Å². The van der Waals surface area contributed by atoms with Crippen LogP contribution in [-0.4, -0.2) is 20.7 Å². The van der Waals surface area contributed by atoms with Gasteiger partial charge in [-0.15, -0.1) is 0 Å². The number of fused-ring (bicyclic) bond motifs is 2. The van der Waals surface area contributed by atoms with Crippen LogP contribution >= 0.6 is 12.2 Å². The van der Waals surface area contributed by atoms with Crippen molar-refractivity contribution < 1.29 is 9.59 Å². The van der Waals surface area contributed by atoms with Gasteiger partial charge in [-0.1, -0.05) is 60.7 Å². The fourth-order valence-electron chi connectivity index (χ4n) is 3.69. The van der Waals surface area contributed by atoms with Gasteiger partial charge in [0, 0.05) is 22.5 Å². The molecule has 5 rings (SSSR count). The lowest BCUT2D eigenvalue weighted by molar-refractivity contribution is 0.0971. The molecule has 0 amide bonds. The quantitative estimate of drug-likeness (QED) is 0.413. The van der Waals surface area contributed by atoms with Crippen LogP contribution in [0.25, 0.3) is 11.4 Å². The molecule has 1 heterocycles. The lowest BCUT2D eigenvalue weighted by Crippen LogP contribution is -2.24. The maximum atomic E-state index is 13.4. The number of rotatable bonds is 2. The Hall–Kier alpha value is -3.57. The molecule has 5 heteroatoms. The van der Waals surface area contributed by atoms with Gasteiger partial charge in [-0.3, -0.25) is 18.7 Å². The van der Waals surface area contributed by atoms with E-state index in [9.17, 15) is 9.59 Å². The molecule has 0 N–H and O–H groups in total.